The number of carboxylic acids is 1. The van der Waals surface area contributed by atoms with Gasteiger partial charge in [0.15, 0.2) is 8.32 Å². The van der Waals surface area contributed by atoms with Crippen LogP contribution in [-0.4, -0.2) is 42.9 Å². The van der Waals surface area contributed by atoms with Gasteiger partial charge < -0.3 is 14.8 Å². The number of carbonyl (C=O) groups excluding carboxylic acids is 1. The van der Waals surface area contributed by atoms with Gasteiger partial charge in [0.05, 0.1) is 5.52 Å². The van der Waals surface area contributed by atoms with Crippen molar-refractivity contribution in [2.45, 2.75) is 51.4 Å². The molecule has 2 N–H and O–H groups in total. The maximum atomic E-state index is 12.5. The first-order chi connectivity index (χ1) is 12.5. The third-order valence-electron chi connectivity index (χ3n) is 5.11. The van der Waals surface area contributed by atoms with Crippen LogP contribution < -0.4 is 5.32 Å². The molecule has 0 fully saturated rings. The summed E-state index contributed by atoms with van der Waals surface area (Å²) in [6.07, 6.45) is 0.209. The second kappa shape index (κ2) is 8.18. The Kier molecular flexibility index (Phi) is 6.38. The fraction of sp³-hybridized carbons (Fsp3) is 0.450. The van der Waals surface area contributed by atoms with Crippen molar-refractivity contribution in [3.05, 3.63) is 42.1 Å². The van der Waals surface area contributed by atoms with Crippen molar-refractivity contribution in [3.8, 4) is 0 Å². The fourth-order valence-corrected chi connectivity index (χ4v) is 3.39. The first-order valence-electron chi connectivity index (χ1n) is 9.05. The standard InChI is InChI=1S/C20H28N2O4Si/c1-20(2,3)27(4,5)26-13-12-17(19(24)25)22-18(23)16-11-10-14-8-6-7-9-15(14)21-16/h6-11,17H,12-13H2,1-5H3,(H,22,23)(H,24,25). The topological polar surface area (TPSA) is 88.5 Å². The molecule has 0 bridgehead atoms. The van der Waals surface area contributed by atoms with Crippen molar-refractivity contribution in [1.29, 1.82) is 0 Å². The van der Waals surface area contributed by atoms with E-state index in [-0.39, 0.29) is 17.2 Å². The molecule has 1 heterocycles. The number of hydrogen-bond donors (Lipinski definition) is 2. The van der Waals surface area contributed by atoms with Crippen molar-refractivity contribution in [1.82, 2.24) is 10.3 Å². The molecule has 1 atom stereocenters. The molecule has 1 aromatic heterocycles. The number of fused-ring (bicyclic) bond motifs is 1. The molecule has 0 aliphatic rings. The average molecular weight is 389 g/mol. The molecule has 0 aliphatic heterocycles. The SMILES string of the molecule is CC(C)(C)[Si](C)(C)OCCC(NC(=O)c1ccc2ccccc2n1)C(=O)O. The summed E-state index contributed by atoms with van der Waals surface area (Å²) in [7, 11) is -1.96. The highest BCUT2D eigenvalue weighted by atomic mass is 28.4. The number of carboxylic acid groups (broad SMARTS) is 1. The van der Waals surface area contributed by atoms with E-state index in [0.717, 1.165) is 5.39 Å². The van der Waals surface area contributed by atoms with E-state index in [4.69, 9.17) is 4.43 Å². The zero-order chi connectivity index (χ0) is 20.2. The third-order valence-corrected chi connectivity index (χ3v) is 9.65. The Morgan fingerprint density at radius 1 is 1.19 bits per heavy atom. The monoisotopic (exact) mass is 388 g/mol. The van der Waals surface area contributed by atoms with Gasteiger partial charge in [-0.1, -0.05) is 45.0 Å². The summed E-state index contributed by atoms with van der Waals surface area (Å²) in [5.74, 6) is -1.58. The van der Waals surface area contributed by atoms with Crippen LogP contribution in [0.1, 0.15) is 37.7 Å². The summed E-state index contributed by atoms with van der Waals surface area (Å²) >= 11 is 0. The molecule has 7 heteroatoms. The molecule has 2 aromatic rings. The van der Waals surface area contributed by atoms with Crippen molar-refractivity contribution in [3.63, 3.8) is 0 Å². The molecular weight excluding hydrogens is 360 g/mol. The van der Waals surface area contributed by atoms with E-state index in [1.165, 1.54) is 0 Å². The number of pyridine rings is 1. The van der Waals surface area contributed by atoms with E-state index in [9.17, 15) is 14.7 Å². The highest BCUT2D eigenvalue weighted by Crippen LogP contribution is 2.36. The van der Waals surface area contributed by atoms with E-state index in [2.05, 4.69) is 44.2 Å². The lowest BCUT2D eigenvalue weighted by atomic mass is 10.2. The minimum atomic E-state index is -1.96. The van der Waals surface area contributed by atoms with Crippen molar-refractivity contribution in [2.24, 2.45) is 0 Å². The molecule has 0 aliphatic carbocycles. The second-order valence-corrected chi connectivity index (χ2v) is 13.0. The first-order valence-corrected chi connectivity index (χ1v) is 12.0. The quantitative estimate of drug-likeness (QED) is 0.704. The average Bonchev–Trinajstić information content (AvgIpc) is 2.59. The van der Waals surface area contributed by atoms with Crippen molar-refractivity contribution >= 4 is 31.1 Å². The van der Waals surface area contributed by atoms with Gasteiger partial charge in [0.25, 0.3) is 5.91 Å². The summed E-state index contributed by atoms with van der Waals surface area (Å²) in [5, 5.41) is 13.0. The van der Waals surface area contributed by atoms with Gasteiger partial charge in [-0.15, -0.1) is 0 Å². The Morgan fingerprint density at radius 3 is 2.48 bits per heavy atom. The number of nitrogens with zero attached hydrogens (tertiary/aromatic N) is 1. The highest BCUT2D eigenvalue weighted by molar-refractivity contribution is 6.74. The van der Waals surface area contributed by atoms with Crippen LogP contribution in [0.25, 0.3) is 10.9 Å². The fourth-order valence-electron chi connectivity index (χ4n) is 2.33. The number of aromatic nitrogens is 1. The van der Waals surface area contributed by atoms with Gasteiger partial charge in [0.2, 0.25) is 0 Å². The van der Waals surface area contributed by atoms with E-state index in [0.29, 0.717) is 12.1 Å². The zero-order valence-corrected chi connectivity index (χ0v) is 17.6. The van der Waals surface area contributed by atoms with Gasteiger partial charge in [0.1, 0.15) is 11.7 Å². The van der Waals surface area contributed by atoms with Gasteiger partial charge >= 0.3 is 5.97 Å². The van der Waals surface area contributed by atoms with Gasteiger partial charge in [-0.2, -0.15) is 0 Å². The molecule has 0 radical (unpaired) electrons. The predicted molar refractivity (Wildman–Crippen MR) is 108 cm³/mol. The van der Waals surface area contributed by atoms with E-state index in [1.807, 2.05) is 24.3 Å². The van der Waals surface area contributed by atoms with Crippen LogP contribution in [0.2, 0.25) is 18.1 Å². The van der Waals surface area contributed by atoms with Crippen LogP contribution in [-0.2, 0) is 9.22 Å². The van der Waals surface area contributed by atoms with E-state index >= 15 is 0 Å². The number of aliphatic carboxylic acids is 1. The molecule has 0 saturated carbocycles. The maximum absolute atomic E-state index is 12.5. The Bertz CT molecular complexity index is 830. The van der Waals surface area contributed by atoms with Crippen LogP contribution in [0.3, 0.4) is 0 Å². The van der Waals surface area contributed by atoms with Crippen LogP contribution >= 0.6 is 0 Å². The normalized spacial score (nSPS) is 13.4. The Hall–Kier alpha value is -2.25. The minimum absolute atomic E-state index is 0.0456. The van der Waals surface area contributed by atoms with Gasteiger partial charge in [-0.3, -0.25) is 4.79 Å². The van der Waals surface area contributed by atoms with Crippen LogP contribution in [0.5, 0.6) is 0 Å². The lowest BCUT2D eigenvalue weighted by Crippen LogP contribution is -2.44. The molecule has 0 spiro atoms. The molecular formula is C20H28N2O4Si. The summed E-state index contributed by atoms with van der Waals surface area (Å²) < 4.78 is 6.03. The minimum Gasteiger partial charge on any atom is -0.480 e. The molecule has 27 heavy (non-hydrogen) atoms. The number of hydrogen-bond acceptors (Lipinski definition) is 4. The molecule has 0 saturated heterocycles. The van der Waals surface area contributed by atoms with Gasteiger partial charge in [-0.25, -0.2) is 9.78 Å². The molecule has 1 amide bonds. The Labute approximate surface area is 161 Å². The summed E-state index contributed by atoms with van der Waals surface area (Å²) in [5.41, 5.74) is 0.892. The van der Waals surface area contributed by atoms with Gasteiger partial charge in [0, 0.05) is 18.4 Å². The second-order valence-electron chi connectivity index (χ2n) is 8.15. The number of para-hydroxylation sites is 1. The molecule has 6 nitrogen and oxygen atoms in total. The summed E-state index contributed by atoms with van der Waals surface area (Å²) in [4.78, 5) is 28.3. The van der Waals surface area contributed by atoms with Gasteiger partial charge in [-0.05, 0) is 30.3 Å². The predicted octanol–water partition coefficient (Wildman–Crippen LogP) is 3.83. The smallest absolute Gasteiger partial charge is 0.326 e. The highest BCUT2D eigenvalue weighted by Gasteiger charge is 2.37. The Balaban J connectivity index is 2.02. The van der Waals surface area contributed by atoms with E-state index < -0.39 is 26.2 Å². The molecule has 1 unspecified atom stereocenters. The number of rotatable bonds is 7. The zero-order valence-electron chi connectivity index (χ0n) is 16.6. The largest absolute Gasteiger partial charge is 0.480 e. The molecule has 146 valence electrons. The van der Waals surface area contributed by atoms with Crippen molar-refractivity contribution < 1.29 is 19.1 Å². The molecule has 1 aromatic carbocycles. The van der Waals surface area contributed by atoms with Crippen LogP contribution in [0, 0.1) is 0 Å². The molecule has 2 rings (SSSR count). The summed E-state index contributed by atoms with van der Waals surface area (Å²) in [6, 6.07) is 9.84. The number of amides is 1. The summed E-state index contributed by atoms with van der Waals surface area (Å²) in [6.45, 7) is 10.9. The van der Waals surface area contributed by atoms with E-state index in [1.54, 1.807) is 12.1 Å². The number of nitrogens with one attached hydrogen (secondary N) is 1. The maximum Gasteiger partial charge on any atom is 0.326 e. The number of benzene rings is 1. The van der Waals surface area contributed by atoms with Crippen LogP contribution in [0.4, 0.5) is 0 Å². The lowest BCUT2D eigenvalue weighted by molar-refractivity contribution is -0.139. The number of carbonyl (C=O) groups is 2. The lowest BCUT2D eigenvalue weighted by Gasteiger charge is -2.36. The van der Waals surface area contributed by atoms with Crippen molar-refractivity contribution in [2.75, 3.05) is 6.61 Å². The van der Waals surface area contributed by atoms with Crippen LogP contribution in [0.15, 0.2) is 36.4 Å². The Morgan fingerprint density at radius 2 is 1.85 bits per heavy atom. The first kappa shape index (κ1) is 21.1. The third kappa shape index (κ3) is 5.37.